The predicted octanol–water partition coefficient (Wildman–Crippen LogP) is 1.55. The Morgan fingerprint density at radius 2 is 2.00 bits per heavy atom. The van der Waals surface area contributed by atoms with Crippen LogP contribution in [0.1, 0.15) is 16.2 Å². The first-order chi connectivity index (χ1) is 9.61. The van der Waals surface area contributed by atoms with Gasteiger partial charge in [-0.15, -0.1) is 0 Å². The molecule has 1 N–H and O–H groups in total. The normalized spacial score (nSPS) is 10.1. The van der Waals surface area contributed by atoms with E-state index in [1.54, 1.807) is 6.92 Å². The van der Waals surface area contributed by atoms with Crippen molar-refractivity contribution in [3.63, 3.8) is 0 Å². The number of ether oxygens (including phenoxy) is 1. The smallest absolute Gasteiger partial charge is 0.361 e. The molecule has 20 heavy (non-hydrogen) atoms. The lowest BCUT2D eigenvalue weighted by molar-refractivity contribution is -0.123. The van der Waals surface area contributed by atoms with E-state index in [0.717, 1.165) is 5.56 Å². The first-order valence-electron chi connectivity index (χ1n) is 6.02. The van der Waals surface area contributed by atoms with Gasteiger partial charge in [0.25, 0.3) is 5.91 Å². The van der Waals surface area contributed by atoms with Crippen molar-refractivity contribution in [2.24, 2.45) is 0 Å². The largest absolute Gasteiger partial charge is 0.451 e. The highest BCUT2D eigenvalue weighted by Crippen LogP contribution is 2.21. The minimum Gasteiger partial charge on any atom is -0.451 e. The summed E-state index contributed by atoms with van der Waals surface area (Å²) < 4.78 is 10.3. The molecule has 0 atom stereocenters. The molecule has 0 spiro atoms. The van der Waals surface area contributed by atoms with Crippen LogP contribution in [0.3, 0.4) is 0 Å². The lowest BCUT2D eigenvalue weighted by Crippen LogP contribution is -2.25. The van der Waals surface area contributed by atoms with Crippen LogP contribution >= 0.6 is 0 Å². The van der Waals surface area contributed by atoms with Crippen molar-refractivity contribution in [3.8, 4) is 11.5 Å². The molecule has 2 aromatic rings. The number of likely N-dealkylation sites (N-methyl/N-ethyl adjacent to an activating group) is 1. The van der Waals surface area contributed by atoms with E-state index in [9.17, 15) is 9.59 Å². The zero-order valence-electron chi connectivity index (χ0n) is 11.2. The third-order valence-electron chi connectivity index (χ3n) is 2.62. The molecule has 0 saturated heterocycles. The number of oxazole rings is 1. The van der Waals surface area contributed by atoms with Crippen LogP contribution in [0, 0.1) is 6.92 Å². The maximum absolute atomic E-state index is 11.8. The quantitative estimate of drug-likeness (QED) is 0.855. The van der Waals surface area contributed by atoms with Gasteiger partial charge in [0.2, 0.25) is 5.89 Å². The molecule has 0 saturated carbocycles. The second kappa shape index (κ2) is 6.01. The fourth-order valence-electron chi connectivity index (χ4n) is 1.56. The van der Waals surface area contributed by atoms with Crippen molar-refractivity contribution in [1.29, 1.82) is 0 Å². The van der Waals surface area contributed by atoms with Crippen molar-refractivity contribution < 1.29 is 18.7 Å². The van der Waals surface area contributed by atoms with Crippen LogP contribution in [-0.2, 0) is 9.53 Å². The topological polar surface area (TPSA) is 81.4 Å². The fourth-order valence-corrected chi connectivity index (χ4v) is 1.56. The van der Waals surface area contributed by atoms with Gasteiger partial charge in [0, 0.05) is 12.6 Å². The second-order valence-electron chi connectivity index (χ2n) is 4.04. The zero-order valence-corrected chi connectivity index (χ0v) is 11.2. The zero-order chi connectivity index (χ0) is 14.5. The third-order valence-corrected chi connectivity index (χ3v) is 2.62. The minimum atomic E-state index is -0.683. The van der Waals surface area contributed by atoms with Gasteiger partial charge in [-0.25, -0.2) is 9.78 Å². The van der Waals surface area contributed by atoms with Crippen LogP contribution in [-0.4, -0.2) is 30.5 Å². The molecule has 0 fully saturated rings. The van der Waals surface area contributed by atoms with Crippen LogP contribution < -0.4 is 5.32 Å². The van der Waals surface area contributed by atoms with Crippen molar-refractivity contribution in [3.05, 3.63) is 41.8 Å². The van der Waals surface area contributed by atoms with Crippen LogP contribution in [0.15, 0.2) is 34.7 Å². The summed E-state index contributed by atoms with van der Waals surface area (Å²) in [5.41, 5.74) is 0.841. The van der Waals surface area contributed by atoms with E-state index in [1.165, 1.54) is 7.05 Å². The lowest BCUT2D eigenvalue weighted by atomic mass is 10.2. The average Bonchev–Trinajstić information content (AvgIpc) is 2.87. The molecular weight excluding hydrogens is 260 g/mol. The number of aryl methyl sites for hydroxylation is 1. The number of nitrogens with zero attached hydrogens (tertiary/aromatic N) is 1. The van der Waals surface area contributed by atoms with E-state index in [-0.39, 0.29) is 18.2 Å². The van der Waals surface area contributed by atoms with E-state index < -0.39 is 5.97 Å². The number of rotatable bonds is 4. The standard InChI is InChI=1S/C14H14N2O4/c1-9-12(14(18)19-8-11(17)15-2)16-13(20-9)10-6-4-3-5-7-10/h3-7H,8H2,1-2H3,(H,15,17). The average molecular weight is 274 g/mol. The molecule has 1 aromatic carbocycles. The summed E-state index contributed by atoms with van der Waals surface area (Å²) in [7, 11) is 1.46. The molecule has 1 amide bonds. The summed E-state index contributed by atoms with van der Waals surface area (Å²) >= 11 is 0. The number of aromatic nitrogens is 1. The number of hydrogen-bond acceptors (Lipinski definition) is 5. The number of carbonyl (C=O) groups is 2. The Bertz CT molecular complexity index is 619. The first kappa shape index (κ1) is 13.8. The molecule has 6 nitrogen and oxygen atoms in total. The van der Waals surface area contributed by atoms with E-state index >= 15 is 0 Å². The van der Waals surface area contributed by atoms with Crippen LogP contribution in [0.5, 0.6) is 0 Å². The second-order valence-corrected chi connectivity index (χ2v) is 4.04. The highest BCUT2D eigenvalue weighted by Gasteiger charge is 2.20. The minimum absolute atomic E-state index is 0.0766. The molecule has 0 aliphatic carbocycles. The van der Waals surface area contributed by atoms with Crippen LogP contribution in [0.25, 0.3) is 11.5 Å². The fraction of sp³-hybridized carbons (Fsp3) is 0.214. The van der Waals surface area contributed by atoms with Crippen molar-refractivity contribution in [1.82, 2.24) is 10.3 Å². The number of carbonyl (C=O) groups excluding carboxylic acids is 2. The maximum atomic E-state index is 11.8. The van der Waals surface area contributed by atoms with E-state index in [2.05, 4.69) is 10.3 Å². The van der Waals surface area contributed by atoms with Gasteiger partial charge in [-0.3, -0.25) is 4.79 Å². The number of esters is 1. The summed E-state index contributed by atoms with van der Waals surface area (Å²) in [6.07, 6.45) is 0. The van der Waals surface area contributed by atoms with Gasteiger partial charge in [-0.1, -0.05) is 18.2 Å². The molecule has 0 aliphatic heterocycles. The Hall–Kier alpha value is -2.63. The van der Waals surface area contributed by atoms with Crippen molar-refractivity contribution in [2.45, 2.75) is 6.92 Å². The molecule has 0 aliphatic rings. The van der Waals surface area contributed by atoms with Gasteiger partial charge in [0.15, 0.2) is 12.3 Å². The van der Waals surface area contributed by atoms with Gasteiger partial charge in [-0.2, -0.15) is 0 Å². The summed E-state index contributed by atoms with van der Waals surface area (Å²) in [4.78, 5) is 26.9. The highest BCUT2D eigenvalue weighted by molar-refractivity contribution is 5.90. The Labute approximate surface area is 115 Å². The molecule has 2 rings (SSSR count). The van der Waals surface area contributed by atoms with Gasteiger partial charge < -0.3 is 14.5 Å². The number of nitrogens with one attached hydrogen (secondary N) is 1. The third kappa shape index (κ3) is 3.03. The van der Waals surface area contributed by atoms with Crippen LogP contribution in [0.2, 0.25) is 0 Å². The van der Waals surface area contributed by atoms with Crippen LogP contribution in [0.4, 0.5) is 0 Å². The Balaban J connectivity index is 2.15. The van der Waals surface area contributed by atoms with E-state index in [4.69, 9.17) is 9.15 Å². The van der Waals surface area contributed by atoms with Gasteiger partial charge >= 0.3 is 5.97 Å². The number of hydrogen-bond donors (Lipinski definition) is 1. The molecule has 0 bridgehead atoms. The Kier molecular flexibility index (Phi) is 4.14. The molecule has 1 aromatic heterocycles. The molecule has 0 radical (unpaired) electrons. The maximum Gasteiger partial charge on any atom is 0.361 e. The van der Waals surface area contributed by atoms with Crippen molar-refractivity contribution in [2.75, 3.05) is 13.7 Å². The highest BCUT2D eigenvalue weighted by atomic mass is 16.5. The van der Waals surface area contributed by atoms with E-state index in [1.807, 2.05) is 30.3 Å². The molecular formula is C14H14N2O4. The Morgan fingerprint density at radius 1 is 1.30 bits per heavy atom. The summed E-state index contributed by atoms with van der Waals surface area (Å²) in [5, 5.41) is 2.36. The Morgan fingerprint density at radius 3 is 2.65 bits per heavy atom. The summed E-state index contributed by atoms with van der Waals surface area (Å²) in [5.74, 6) is -0.374. The van der Waals surface area contributed by atoms with Crippen molar-refractivity contribution >= 4 is 11.9 Å². The molecule has 6 heteroatoms. The monoisotopic (exact) mass is 274 g/mol. The van der Waals surface area contributed by atoms with Gasteiger partial charge in [-0.05, 0) is 19.1 Å². The van der Waals surface area contributed by atoms with E-state index in [0.29, 0.717) is 11.7 Å². The lowest BCUT2D eigenvalue weighted by Gasteiger charge is -2.01. The molecule has 1 heterocycles. The number of benzene rings is 1. The molecule has 104 valence electrons. The summed E-state index contributed by atoms with van der Waals surface area (Å²) in [6, 6.07) is 9.21. The first-order valence-corrected chi connectivity index (χ1v) is 6.02. The number of amides is 1. The predicted molar refractivity (Wildman–Crippen MR) is 71.0 cm³/mol. The summed E-state index contributed by atoms with van der Waals surface area (Å²) in [6.45, 7) is 1.28. The van der Waals surface area contributed by atoms with Gasteiger partial charge in [0.05, 0.1) is 0 Å². The molecule has 0 unspecified atom stereocenters. The SMILES string of the molecule is CNC(=O)COC(=O)c1nc(-c2ccccc2)oc1C. The van der Waals surface area contributed by atoms with Gasteiger partial charge in [0.1, 0.15) is 5.76 Å².